The van der Waals surface area contributed by atoms with E-state index in [-0.39, 0.29) is 11.9 Å². The van der Waals surface area contributed by atoms with Crippen LogP contribution in [0.3, 0.4) is 0 Å². The quantitative estimate of drug-likeness (QED) is 0.803. The molecular formula is C14H22N2O2. The van der Waals surface area contributed by atoms with Crippen LogP contribution < -0.4 is 11.1 Å². The van der Waals surface area contributed by atoms with E-state index in [0.29, 0.717) is 13.2 Å². The van der Waals surface area contributed by atoms with Crippen molar-refractivity contribution in [3.8, 4) is 0 Å². The molecule has 0 aliphatic carbocycles. The highest BCUT2D eigenvalue weighted by atomic mass is 16.5. The first kappa shape index (κ1) is 14.7. The number of hydrogen-bond donors (Lipinski definition) is 2. The second-order valence-corrected chi connectivity index (χ2v) is 5.10. The Hall–Kier alpha value is -1.39. The van der Waals surface area contributed by atoms with Gasteiger partial charge in [-0.05, 0) is 26.3 Å². The van der Waals surface area contributed by atoms with Gasteiger partial charge in [-0.15, -0.1) is 0 Å². The average molecular weight is 250 g/mol. The van der Waals surface area contributed by atoms with Gasteiger partial charge in [-0.3, -0.25) is 4.79 Å². The number of amides is 1. The summed E-state index contributed by atoms with van der Waals surface area (Å²) in [6.07, 6.45) is 0. The number of ether oxygens (including phenoxy) is 1. The Labute approximate surface area is 109 Å². The van der Waals surface area contributed by atoms with Gasteiger partial charge in [0.25, 0.3) is 0 Å². The number of carbonyl (C=O) groups is 1. The Morgan fingerprint density at radius 2 is 2.00 bits per heavy atom. The first-order chi connectivity index (χ1) is 8.39. The highest BCUT2D eigenvalue weighted by Crippen LogP contribution is 2.02. The maximum Gasteiger partial charge on any atom is 0.239 e. The van der Waals surface area contributed by atoms with Crippen LogP contribution in [-0.4, -0.2) is 24.1 Å². The molecule has 0 aliphatic rings. The molecule has 0 spiro atoms. The third kappa shape index (κ3) is 5.29. The third-order valence-corrected chi connectivity index (χ3v) is 2.44. The second kappa shape index (κ2) is 6.52. The fraction of sp³-hybridized carbons (Fsp3) is 0.500. The Morgan fingerprint density at radius 3 is 2.56 bits per heavy atom. The van der Waals surface area contributed by atoms with E-state index in [4.69, 9.17) is 10.5 Å². The summed E-state index contributed by atoms with van der Waals surface area (Å²) in [5.74, 6) is -0.168. The molecule has 0 unspecified atom stereocenters. The summed E-state index contributed by atoms with van der Waals surface area (Å²) < 4.78 is 5.54. The zero-order chi connectivity index (χ0) is 13.6. The van der Waals surface area contributed by atoms with E-state index < -0.39 is 5.54 Å². The molecule has 1 aromatic rings. The number of hydrogen-bond acceptors (Lipinski definition) is 3. The lowest BCUT2D eigenvalue weighted by Crippen LogP contribution is -2.52. The van der Waals surface area contributed by atoms with Gasteiger partial charge < -0.3 is 15.8 Å². The molecule has 100 valence electrons. The minimum absolute atomic E-state index is 0.0518. The summed E-state index contributed by atoms with van der Waals surface area (Å²) in [5.41, 5.74) is 5.96. The van der Waals surface area contributed by atoms with E-state index in [2.05, 4.69) is 5.32 Å². The smallest absolute Gasteiger partial charge is 0.239 e. The van der Waals surface area contributed by atoms with Crippen LogP contribution >= 0.6 is 0 Å². The maximum atomic E-state index is 11.6. The summed E-state index contributed by atoms with van der Waals surface area (Å²) in [6.45, 7) is 6.28. The van der Waals surface area contributed by atoms with Gasteiger partial charge in [0.15, 0.2) is 0 Å². The molecule has 0 radical (unpaired) electrons. The van der Waals surface area contributed by atoms with Crippen molar-refractivity contribution in [1.29, 1.82) is 0 Å². The van der Waals surface area contributed by atoms with Gasteiger partial charge in [-0.2, -0.15) is 0 Å². The van der Waals surface area contributed by atoms with Crippen LogP contribution in [0.15, 0.2) is 30.3 Å². The molecule has 0 saturated heterocycles. The van der Waals surface area contributed by atoms with Crippen molar-refractivity contribution in [1.82, 2.24) is 5.32 Å². The lowest BCUT2D eigenvalue weighted by atomic mass is 10.1. The number of nitrogens with two attached hydrogens (primary N) is 1. The van der Waals surface area contributed by atoms with E-state index in [1.807, 2.05) is 37.3 Å². The van der Waals surface area contributed by atoms with Gasteiger partial charge in [0.1, 0.15) is 0 Å². The molecule has 0 fully saturated rings. The van der Waals surface area contributed by atoms with Gasteiger partial charge in [0.05, 0.1) is 18.8 Å². The van der Waals surface area contributed by atoms with Crippen LogP contribution in [0.1, 0.15) is 26.3 Å². The van der Waals surface area contributed by atoms with E-state index in [0.717, 1.165) is 5.56 Å². The summed E-state index contributed by atoms with van der Waals surface area (Å²) in [4.78, 5) is 11.6. The van der Waals surface area contributed by atoms with Crippen LogP contribution in [-0.2, 0) is 16.1 Å². The molecule has 1 rings (SSSR count). The molecule has 1 aromatic carbocycles. The van der Waals surface area contributed by atoms with Crippen molar-refractivity contribution < 1.29 is 9.53 Å². The molecule has 0 bridgehead atoms. The van der Waals surface area contributed by atoms with Crippen LogP contribution in [0.2, 0.25) is 0 Å². The zero-order valence-corrected chi connectivity index (χ0v) is 11.3. The molecule has 1 amide bonds. The molecule has 4 heteroatoms. The fourth-order valence-corrected chi connectivity index (χ4v) is 1.38. The van der Waals surface area contributed by atoms with E-state index >= 15 is 0 Å². The standard InChI is InChI=1S/C14H22N2O2/c1-11(16-13(17)14(2,3)15)9-18-10-12-7-5-4-6-8-12/h4-8,11H,9-10,15H2,1-3H3,(H,16,17)/t11-/m0/s1. The number of benzene rings is 1. The maximum absolute atomic E-state index is 11.6. The number of carbonyl (C=O) groups excluding carboxylic acids is 1. The summed E-state index contributed by atoms with van der Waals surface area (Å²) in [7, 11) is 0. The number of nitrogens with one attached hydrogen (secondary N) is 1. The monoisotopic (exact) mass is 250 g/mol. The minimum Gasteiger partial charge on any atom is -0.375 e. The van der Waals surface area contributed by atoms with Gasteiger partial charge in [0.2, 0.25) is 5.91 Å². The lowest BCUT2D eigenvalue weighted by molar-refractivity contribution is -0.126. The van der Waals surface area contributed by atoms with Crippen molar-refractivity contribution in [3.63, 3.8) is 0 Å². The predicted molar refractivity (Wildman–Crippen MR) is 72.0 cm³/mol. The molecule has 18 heavy (non-hydrogen) atoms. The minimum atomic E-state index is -0.853. The van der Waals surface area contributed by atoms with Crippen LogP contribution in [0, 0.1) is 0 Å². The summed E-state index contributed by atoms with van der Waals surface area (Å²) in [5, 5.41) is 2.82. The van der Waals surface area contributed by atoms with Crippen molar-refractivity contribution in [2.75, 3.05) is 6.61 Å². The molecule has 0 aromatic heterocycles. The van der Waals surface area contributed by atoms with Crippen LogP contribution in [0.4, 0.5) is 0 Å². The Balaban J connectivity index is 2.26. The molecule has 0 heterocycles. The largest absolute Gasteiger partial charge is 0.375 e. The fourth-order valence-electron chi connectivity index (χ4n) is 1.38. The van der Waals surface area contributed by atoms with Gasteiger partial charge in [0, 0.05) is 6.04 Å². The zero-order valence-electron chi connectivity index (χ0n) is 11.3. The van der Waals surface area contributed by atoms with Gasteiger partial charge in [-0.1, -0.05) is 30.3 Å². The molecule has 1 atom stereocenters. The van der Waals surface area contributed by atoms with Crippen molar-refractivity contribution in [3.05, 3.63) is 35.9 Å². The molecule has 3 N–H and O–H groups in total. The van der Waals surface area contributed by atoms with Crippen molar-refractivity contribution in [2.45, 2.75) is 39.0 Å². The third-order valence-electron chi connectivity index (χ3n) is 2.44. The normalized spacial score (nSPS) is 13.1. The lowest BCUT2D eigenvalue weighted by Gasteiger charge is -2.21. The van der Waals surface area contributed by atoms with Gasteiger partial charge >= 0.3 is 0 Å². The van der Waals surface area contributed by atoms with Crippen molar-refractivity contribution in [2.24, 2.45) is 5.73 Å². The Bertz CT molecular complexity index is 371. The Morgan fingerprint density at radius 1 is 1.39 bits per heavy atom. The molecule has 0 saturated carbocycles. The second-order valence-electron chi connectivity index (χ2n) is 5.10. The SMILES string of the molecule is C[C@@H](COCc1ccccc1)NC(=O)C(C)(C)N. The topological polar surface area (TPSA) is 64.3 Å². The van der Waals surface area contributed by atoms with Crippen LogP contribution in [0.25, 0.3) is 0 Å². The Kier molecular flexibility index (Phi) is 5.31. The van der Waals surface area contributed by atoms with E-state index in [9.17, 15) is 4.79 Å². The predicted octanol–water partition coefficient (Wildman–Crippen LogP) is 1.45. The molecule has 0 aliphatic heterocycles. The van der Waals surface area contributed by atoms with E-state index in [1.165, 1.54) is 0 Å². The van der Waals surface area contributed by atoms with Gasteiger partial charge in [-0.25, -0.2) is 0 Å². The first-order valence-corrected chi connectivity index (χ1v) is 6.11. The van der Waals surface area contributed by atoms with E-state index in [1.54, 1.807) is 13.8 Å². The summed E-state index contributed by atoms with van der Waals surface area (Å²) in [6, 6.07) is 9.87. The first-order valence-electron chi connectivity index (χ1n) is 6.11. The summed E-state index contributed by atoms with van der Waals surface area (Å²) >= 11 is 0. The van der Waals surface area contributed by atoms with Crippen molar-refractivity contribution >= 4 is 5.91 Å². The average Bonchev–Trinajstić information content (AvgIpc) is 2.29. The highest BCUT2D eigenvalue weighted by Gasteiger charge is 2.22. The highest BCUT2D eigenvalue weighted by molar-refractivity contribution is 5.85. The molecular weight excluding hydrogens is 228 g/mol. The molecule has 4 nitrogen and oxygen atoms in total. The van der Waals surface area contributed by atoms with Crippen LogP contribution in [0.5, 0.6) is 0 Å². The number of rotatable bonds is 6.